The van der Waals surface area contributed by atoms with Gasteiger partial charge in [-0.1, -0.05) is 48.6 Å². The molecule has 1 aliphatic heterocycles. The van der Waals surface area contributed by atoms with Crippen LogP contribution in [0.5, 0.6) is 0 Å². The number of carboxylic acid groups (broad SMARTS) is 3. The summed E-state index contributed by atoms with van der Waals surface area (Å²) < 4.78 is 39.0. The fourth-order valence-electron chi connectivity index (χ4n) is 7.29. The average molecular weight is 1090 g/mol. The van der Waals surface area contributed by atoms with Crippen LogP contribution in [-0.2, 0) is 72.9 Å². The second kappa shape index (κ2) is 36.6. The molecular weight excluding hydrogens is 1020 g/mol. The highest BCUT2D eigenvalue weighted by atomic mass is 31.2. The molecule has 1 unspecified atom stereocenters. The Bertz CT molecular complexity index is 2310. The number of fused-ring (bicyclic) bond motifs is 2. The Balaban J connectivity index is 1.09. The predicted molar refractivity (Wildman–Crippen MR) is 275 cm³/mol. The molecule has 0 aromatic heterocycles. The van der Waals surface area contributed by atoms with Crippen molar-refractivity contribution < 1.29 is 86.6 Å². The topological polar surface area (TPSA) is 344 Å². The first-order chi connectivity index (χ1) is 36.4. The molecule has 3 rings (SSSR count). The molecule has 25 heteroatoms. The standard InChI is InChI=1S/C51H73N6O18P/c1-37(10-9-27-75-76(69,70)56-42(51(67)68)19-23-49(63)64)54-47(61)20-18-41(50(65)66)55-46(60)15-3-2-8-25-52-45(59)24-28-71-30-32-73-34-35-74-33-31-72-29-26-53-44(58)21-22-48(62)57-36-40-13-5-4-11-38(40)16-17-39-12-6-7-14-43(39)57/h4-7,11-14,37,41-42H,2-3,8-10,15,18-36H2,1H3,(H,52,59)(H,53,58)(H,54,61)(H,55,60)(H,63,64)(H,65,66)(H,67,68)(H2,56,69,70)/t37-,41+,42+/m1/s1. The molecule has 2 aromatic carbocycles. The highest BCUT2D eigenvalue weighted by molar-refractivity contribution is 7.50. The fraction of sp³-hybridized carbons (Fsp3) is 0.569. The predicted octanol–water partition coefficient (Wildman–Crippen LogP) is 2.62. The number of benzene rings is 2. The van der Waals surface area contributed by atoms with Gasteiger partial charge in [-0.15, -0.1) is 0 Å². The first kappa shape index (κ1) is 64.0. The minimum atomic E-state index is -4.57. The summed E-state index contributed by atoms with van der Waals surface area (Å²) in [7, 11) is -4.57. The van der Waals surface area contributed by atoms with Crippen LogP contribution >= 0.6 is 7.75 Å². The number of carboxylic acids is 3. The van der Waals surface area contributed by atoms with Gasteiger partial charge in [0.05, 0.1) is 71.7 Å². The smallest absolute Gasteiger partial charge is 0.403 e. The van der Waals surface area contributed by atoms with Crippen molar-refractivity contribution in [1.29, 1.82) is 0 Å². The summed E-state index contributed by atoms with van der Waals surface area (Å²) in [4.78, 5) is 108. The average Bonchev–Trinajstić information content (AvgIpc) is 3.37. The second-order valence-electron chi connectivity index (χ2n) is 17.5. The van der Waals surface area contributed by atoms with Crippen molar-refractivity contribution >= 4 is 60.9 Å². The monoisotopic (exact) mass is 1090 g/mol. The van der Waals surface area contributed by atoms with E-state index in [1.165, 1.54) is 0 Å². The number of rotatable bonds is 41. The zero-order valence-corrected chi connectivity index (χ0v) is 43.8. The number of anilines is 1. The normalized spacial score (nSPS) is 13.6. The second-order valence-corrected chi connectivity index (χ2v) is 19.1. The molecule has 4 atom stereocenters. The van der Waals surface area contributed by atoms with E-state index in [1.54, 1.807) is 11.8 Å². The Morgan fingerprint density at radius 2 is 1.16 bits per heavy atom. The Labute approximate surface area is 442 Å². The summed E-state index contributed by atoms with van der Waals surface area (Å²) in [6, 6.07) is 11.8. The van der Waals surface area contributed by atoms with Crippen LogP contribution in [0.1, 0.15) is 107 Å². The molecular formula is C51H73N6O18P. The van der Waals surface area contributed by atoms with Gasteiger partial charge in [0.2, 0.25) is 29.5 Å². The number of hydrogen-bond acceptors (Lipinski definition) is 14. The van der Waals surface area contributed by atoms with Crippen molar-refractivity contribution in [3.8, 4) is 11.8 Å². The van der Waals surface area contributed by atoms with Gasteiger partial charge >= 0.3 is 25.7 Å². The summed E-state index contributed by atoms with van der Waals surface area (Å²) >= 11 is 0. The van der Waals surface area contributed by atoms with Gasteiger partial charge in [0.25, 0.3) is 0 Å². The Hall–Kier alpha value is -6.29. The third-order valence-electron chi connectivity index (χ3n) is 11.3. The lowest BCUT2D eigenvalue weighted by molar-refractivity contribution is -0.142. The van der Waals surface area contributed by atoms with Gasteiger partial charge in [0.1, 0.15) is 12.1 Å². The van der Waals surface area contributed by atoms with E-state index in [2.05, 4.69) is 33.1 Å². The molecule has 420 valence electrons. The van der Waals surface area contributed by atoms with E-state index >= 15 is 0 Å². The molecule has 0 bridgehead atoms. The van der Waals surface area contributed by atoms with Gasteiger partial charge in [-0.05, 0) is 69.2 Å². The lowest BCUT2D eigenvalue weighted by atomic mass is 10.0. The number of unbranched alkanes of at least 4 members (excludes halogenated alkanes) is 2. The summed E-state index contributed by atoms with van der Waals surface area (Å²) in [6.07, 6.45) is 1.03. The molecule has 0 fully saturated rings. The van der Waals surface area contributed by atoms with Gasteiger partial charge in [-0.3, -0.25) is 38.1 Å². The number of hydrogen-bond donors (Lipinski definition) is 9. The van der Waals surface area contributed by atoms with E-state index in [0.717, 1.165) is 22.4 Å². The highest BCUT2D eigenvalue weighted by Gasteiger charge is 2.29. The van der Waals surface area contributed by atoms with Crippen molar-refractivity contribution in [3.63, 3.8) is 0 Å². The minimum absolute atomic E-state index is 0.0425. The number of para-hydroxylation sites is 1. The van der Waals surface area contributed by atoms with Crippen molar-refractivity contribution in [2.75, 3.05) is 77.5 Å². The molecule has 1 heterocycles. The van der Waals surface area contributed by atoms with Crippen LogP contribution in [0.2, 0.25) is 0 Å². The van der Waals surface area contributed by atoms with Gasteiger partial charge < -0.3 is 65.3 Å². The molecule has 9 N–H and O–H groups in total. The maximum absolute atomic E-state index is 13.3. The Morgan fingerprint density at radius 1 is 0.579 bits per heavy atom. The van der Waals surface area contributed by atoms with Crippen molar-refractivity contribution in [2.24, 2.45) is 0 Å². The molecule has 0 saturated carbocycles. The van der Waals surface area contributed by atoms with Crippen LogP contribution in [0.15, 0.2) is 48.5 Å². The quantitative estimate of drug-likeness (QED) is 0.0262. The lowest BCUT2D eigenvalue weighted by Crippen LogP contribution is -2.42. The van der Waals surface area contributed by atoms with Crippen LogP contribution in [0.3, 0.4) is 0 Å². The number of amides is 5. The molecule has 2 aromatic rings. The van der Waals surface area contributed by atoms with Crippen molar-refractivity contribution in [3.05, 3.63) is 65.2 Å². The zero-order valence-electron chi connectivity index (χ0n) is 42.9. The van der Waals surface area contributed by atoms with Gasteiger partial charge in [0, 0.05) is 68.8 Å². The zero-order chi connectivity index (χ0) is 55.6. The Morgan fingerprint density at radius 3 is 1.84 bits per heavy atom. The van der Waals surface area contributed by atoms with Crippen molar-refractivity contribution in [1.82, 2.24) is 26.4 Å². The minimum Gasteiger partial charge on any atom is -0.481 e. The van der Waals surface area contributed by atoms with E-state index in [0.29, 0.717) is 78.5 Å². The number of ether oxygens (including phenoxy) is 4. The summed E-state index contributed by atoms with van der Waals surface area (Å²) in [6.45, 7) is 4.86. The molecule has 0 aliphatic carbocycles. The van der Waals surface area contributed by atoms with Crippen molar-refractivity contribution in [2.45, 2.75) is 115 Å². The van der Waals surface area contributed by atoms with Crippen LogP contribution in [0, 0.1) is 11.8 Å². The summed E-state index contributed by atoms with van der Waals surface area (Å²) in [5.74, 6) is 0.689. The number of nitrogens with zero attached hydrogens (tertiary/aromatic N) is 1. The maximum Gasteiger partial charge on any atom is 0.403 e. The molecule has 0 radical (unpaired) electrons. The largest absolute Gasteiger partial charge is 0.481 e. The number of carbonyl (C=O) groups excluding carboxylic acids is 5. The highest BCUT2D eigenvalue weighted by Crippen LogP contribution is 2.38. The van der Waals surface area contributed by atoms with E-state index < -0.39 is 68.4 Å². The molecule has 24 nitrogen and oxygen atoms in total. The van der Waals surface area contributed by atoms with E-state index in [9.17, 15) is 52.9 Å². The first-order valence-electron chi connectivity index (χ1n) is 25.3. The maximum atomic E-state index is 13.3. The van der Waals surface area contributed by atoms with Gasteiger partial charge in [0.15, 0.2) is 0 Å². The summed E-state index contributed by atoms with van der Waals surface area (Å²) in [5, 5.41) is 40.0. The van der Waals surface area contributed by atoms with E-state index in [1.807, 2.05) is 53.6 Å². The number of nitrogens with one attached hydrogen (secondary N) is 5. The first-order valence-corrected chi connectivity index (χ1v) is 26.9. The van der Waals surface area contributed by atoms with Gasteiger partial charge in [-0.2, -0.15) is 0 Å². The van der Waals surface area contributed by atoms with E-state index in [4.69, 9.17) is 33.7 Å². The van der Waals surface area contributed by atoms with E-state index in [-0.39, 0.29) is 88.9 Å². The molecule has 0 spiro atoms. The van der Waals surface area contributed by atoms with Gasteiger partial charge in [-0.25, -0.2) is 14.4 Å². The third-order valence-corrected chi connectivity index (χ3v) is 12.5. The molecule has 76 heavy (non-hydrogen) atoms. The van der Waals surface area contributed by atoms with Crippen LogP contribution in [-0.4, -0.2) is 158 Å². The SMILES string of the molecule is C[C@H](CCCOP(=O)(O)N[C@@H](CCC(=O)O)C(=O)O)NC(=O)CC[C@H](NC(=O)CCCCCNC(=O)CCOCCOCCOCCOCCNC(=O)CCC(=O)N1Cc2ccccc2C#Cc2ccccc21)C(=O)O. The van der Waals surface area contributed by atoms with Crippen LogP contribution in [0.25, 0.3) is 0 Å². The number of carbonyl (C=O) groups is 8. The third kappa shape index (κ3) is 28.0. The molecule has 5 amide bonds. The molecule has 0 saturated heterocycles. The summed E-state index contributed by atoms with van der Waals surface area (Å²) in [5.41, 5.74) is 3.29. The number of aliphatic carboxylic acids is 3. The Kier molecular flexibility index (Phi) is 30.9. The fourth-order valence-corrected chi connectivity index (χ4v) is 8.37. The lowest BCUT2D eigenvalue weighted by Gasteiger charge is -2.26. The molecule has 1 aliphatic rings. The van der Waals surface area contributed by atoms with Crippen LogP contribution < -0.4 is 31.3 Å². The van der Waals surface area contributed by atoms with Crippen LogP contribution in [0.4, 0.5) is 5.69 Å².